The summed E-state index contributed by atoms with van der Waals surface area (Å²) in [5.74, 6) is -1.74. The standard InChI is InChI=1S/C18H15BrF6O/c19-12-4-7-14-10(9-12)1-8-15(16(14)18(23,24)25)26-13-5-2-11(3-6-13)17(20,21)22/h1,4,7-9,11,13H,2-3,5-6H2. The quantitative estimate of drug-likeness (QED) is 0.451. The predicted molar refractivity (Wildman–Crippen MR) is 89.1 cm³/mol. The lowest BCUT2D eigenvalue weighted by atomic mass is 9.87. The van der Waals surface area contributed by atoms with Crippen LogP contribution in [0.5, 0.6) is 5.75 Å². The molecule has 2 aromatic rings. The van der Waals surface area contributed by atoms with Crippen molar-refractivity contribution >= 4 is 26.7 Å². The van der Waals surface area contributed by atoms with Gasteiger partial charge in [0.1, 0.15) is 11.3 Å². The van der Waals surface area contributed by atoms with Crippen molar-refractivity contribution in [2.24, 2.45) is 5.92 Å². The summed E-state index contributed by atoms with van der Waals surface area (Å²) < 4.78 is 85.2. The summed E-state index contributed by atoms with van der Waals surface area (Å²) in [7, 11) is 0. The third-order valence-corrected chi connectivity index (χ3v) is 5.15. The van der Waals surface area contributed by atoms with Crippen molar-refractivity contribution in [2.45, 2.75) is 44.1 Å². The number of alkyl halides is 6. The molecular formula is C18H15BrF6O. The van der Waals surface area contributed by atoms with Crippen molar-refractivity contribution in [2.75, 3.05) is 0 Å². The fourth-order valence-electron chi connectivity index (χ4n) is 3.36. The highest BCUT2D eigenvalue weighted by Crippen LogP contribution is 2.44. The van der Waals surface area contributed by atoms with E-state index in [1.54, 1.807) is 6.07 Å². The van der Waals surface area contributed by atoms with E-state index in [1.807, 2.05) is 0 Å². The number of fused-ring (bicyclic) bond motifs is 1. The van der Waals surface area contributed by atoms with E-state index >= 15 is 0 Å². The van der Waals surface area contributed by atoms with Crippen LogP contribution in [0.3, 0.4) is 0 Å². The Kier molecular flexibility index (Phi) is 5.16. The van der Waals surface area contributed by atoms with E-state index in [0.717, 1.165) is 0 Å². The fourth-order valence-corrected chi connectivity index (χ4v) is 3.74. The molecule has 1 fully saturated rings. The first-order valence-electron chi connectivity index (χ1n) is 8.08. The van der Waals surface area contributed by atoms with E-state index in [-0.39, 0.29) is 36.8 Å². The highest BCUT2D eigenvalue weighted by molar-refractivity contribution is 9.10. The number of benzene rings is 2. The normalized spacial score (nSPS) is 21.8. The van der Waals surface area contributed by atoms with Crippen molar-refractivity contribution in [3.63, 3.8) is 0 Å². The molecule has 0 N–H and O–H groups in total. The summed E-state index contributed by atoms with van der Waals surface area (Å²) in [4.78, 5) is 0. The first-order chi connectivity index (χ1) is 12.1. The van der Waals surface area contributed by atoms with Gasteiger partial charge in [-0.3, -0.25) is 0 Å². The van der Waals surface area contributed by atoms with E-state index in [2.05, 4.69) is 15.9 Å². The molecule has 0 atom stereocenters. The van der Waals surface area contributed by atoms with Crippen LogP contribution in [0.4, 0.5) is 26.3 Å². The first-order valence-corrected chi connectivity index (χ1v) is 8.88. The summed E-state index contributed by atoms with van der Waals surface area (Å²) in [5.41, 5.74) is -0.888. The van der Waals surface area contributed by atoms with Crippen molar-refractivity contribution < 1.29 is 31.1 Å². The molecule has 142 valence electrons. The molecule has 0 saturated heterocycles. The van der Waals surface area contributed by atoms with Crippen LogP contribution in [0.2, 0.25) is 0 Å². The van der Waals surface area contributed by atoms with Crippen molar-refractivity contribution in [1.82, 2.24) is 0 Å². The van der Waals surface area contributed by atoms with Gasteiger partial charge < -0.3 is 4.74 Å². The zero-order chi connectivity index (χ0) is 19.1. The minimum absolute atomic E-state index is 0.00202. The molecule has 1 saturated carbocycles. The second-order valence-corrected chi connectivity index (χ2v) is 7.35. The van der Waals surface area contributed by atoms with Crippen LogP contribution in [0.15, 0.2) is 34.8 Å². The summed E-state index contributed by atoms with van der Waals surface area (Å²) in [6, 6.07) is 7.20. The largest absolute Gasteiger partial charge is 0.490 e. The van der Waals surface area contributed by atoms with E-state index in [9.17, 15) is 26.3 Å². The Morgan fingerprint density at radius 2 is 1.54 bits per heavy atom. The van der Waals surface area contributed by atoms with Gasteiger partial charge in [0.05, 0.1) is 12.0 Å². The summed E-state index contributed by atoms with van der Waals surface area (Å²) in [6.07, 6.45) is -9.64. The molecule has 1 aliphatic carbocycles. The maximum Gasteiger partial charge on any atom is 0.420 e. The highest BCUT2D eigenvalue weighted by atomic mass is 79.9. The Morgan fingerprint density at radius 3 is 2.12 bits per heavy atom. The van der Waals surface area contributed by atoms with Crippen LogP contribution >= 0.6 is 15.9 Å². The summed E-state index contributed by atoms with van der Waals surface area (Å²) >= 11 is 3.22. The van der Waals surface area contributed by atoms with Crippen LogP contribution < -0.4 is 4.74 Å². The predicted octanol–water partition coefficient (Wildman–Crippen LogP) is 7.12. The zero-order valence-corrected chi connectivity index (χ0v) is 15.0. The van der Waals surface area contributed by atoms with Crippen LogP contribution in [-0.4, -0.2) is 12.3 Å². The van der Waals surface area contributed by atoms with Gasteiger partial charge in [-0.25, -0.2) is 0 Å². The molecule has 0 aromatic heterocycles. The van der Waals surface area contributed by atoms with Gasteiger partial charge in [-0.1, -0.05) is 28.1 Å². The van der Waals surface area contributed by atoms with Crippen molar-refractivity contribution in [3.8, 4) is 5.75 Å². The van der Waals surface area contributed by atoms with Gasteiger partial charge in [0.2, 0.25) is 0 Å². The van der Waals surface area contributed by atoms with Gasteiger partial charge >= 0.3 is 12.4 Å². The second kappa shape index (κ2) is 6.94. The average Bonchev–Trinajstić information content (AvgIpc) is 2.53. The first kappa shape index (κ1) is 19.3. The lowest BCUT2D eigenvalue weighted by molar-refractivity contribution is -0.185. The van der Waals surface area contributed by atoms with Gasteiger partial charge in [-0.15, -0.1) is 0 Å². The number of ether oxygens (including phenoxy) is 1. The molecule has 0 spiro atoms. The van der Waals surface area contributed by atoms with Gasteiger partial charge in [0.25, 0.3) is 0 Å². The van der Waals surface area contributed by atoms with Gasteiger partial charge in [-0.05, 0) is 54.7 Å². The molecule has 3 rings (SSSR count). The SMILES string of the molecule is FC(F)(F)c1c(OC2CCC(C(F)(F)F)CC2)ccc2cc(Br)ccc12. The third-order valence-electron chi connectivity index (χ3n) is 4.66. The second-order valence-electron chi connectivity index (χ2n) is 6.44. The van der Waals surface area contributed by atoms with Crippen LogP contribution in [0, 0.1) is 5.92 Å². The Balaban J connectivity index is 1.88. The van der Waals surface area contributed by atoms with Crippen LogP contribution in [0.25, 0.3) is 10.8 Å². The van der Waals surface area contributed by atoms with Gasteiger partial charge in [-0.2, -0.15) is 26.3 Å². The van der Waals surface area contributed by atoms with E-state index in [1.165, 1.54) is 24.3 Å². The molecule has 1 nitrogen and oxygen atoms in total. The maximum absolute atomic E-state index is 13.6. The molecular weight excluding hydrogens is 426 g/mol. The van der Waals surface area contributed by atoms with E-state index < -0.39 is 29.9 Å². The molecule has 26 heavy (non-hydrogen) atoms. The molecule has 0 radical (unpaired) electrons. The van der Waals surface area contributed by atoms with E-state index in [0.29, 0.717) is 9.86 Å². The Morgan fingerprint density at radius 1 is 0.885 bits per heavy atom. The molecule has 0 heterocycles. The third kappa shape index (κ3) is 4.10. The van der Waals surface area contributed by atoms with Gasteiger partial charge in [0, 0.05) is 4.47 Å². The lowest BCUT2D eigenvalue weighted by Gasteiger charge is -2.31. The number of hydrogen-bond donors (Lipinski definition) is 0. The smallest absolute Gasteiger partial charge is 0.420 e. The lowest BCUT2D eigenvalue weighted by Crippen LogP contribution is -2.32. The molecule has 0 amide bonds. The number of halogens is 7. The molecule has 0 aliphatic heterocycles. The highest BCUT2D eigenvalue weighted by Gasteiger charge is 2.42. The van der Waals surface area contributed by atoms with Crippen molar-refractivity contribution in [3.05, 3.63) is 40.4 Å². The Bertz CT molecular complexity index is 791. The number of hydrogen-bond acceptors (Lipinski definition) is 1. The zero-order valence-electron chi connectivity index (χ0n) is 13.4. The minimum Gasteiger partial charge on any atom is -0.490 e. The van der Waals surface area contributed by atoms with Crippen LogP contribution in [0.1, 0.15) is 31.2 Å². The van der Waals surface area contributed by atoms with Crippen LogP contribution in [-0.2, 0) is 6.18 Å². The maximum atomic E-state index is 13.6. The topological polar surface area (TPSA) is 9.23 Å². The molecule has 8 heteroatoms. The summed E-state index contributed by atoms with van der Waals surface area (Å²) in [6.45, 7) is 0. The number of rotatable bonds is 2. The molecule has 0 bridgehead atoms. The Hall–Kier alpha value is -1.44. The molecule has 2 aromatic carbocycles. The minimum atomic E-state index is -4.63. The molecule has 1 aliphatic rings. The fraction of sp³-hybridized carbons (Fsp3) is 0.444. The average molecular weight is 441 g/mol. The monoisotopic (exact) mass is 440 g/mol. The Labute approximate surface area is 154 Å². The summed E-state index contributed by atoms with van der Waals surface area (Å²) in [5, 5.41) is 0.405. The van der Waals surface area contributed by atoms with Crippen molar-refractivity contribution in [1.29, 1.82) is 0 Å². The molecule has 0 unspecified atom stereocenters. The van der Waals surface area contributed by atoms with Gasteiger partial charge in [0.15, 0.2) is 0 Å². The van der Waals surface area contributed by atoms with E-state index in [4.69, 9.17) is 4.74 Å².